The van der Waals surface area contributed by atoms with Crippen LogP contribution in [0.2, 0.25) is 0 Å². The molecule has 0 radical (unpaired) electrons. The maximum atomic E-state index is 12.3. The number of benzene rings is 1. The summed E-state index contributed by atoms with van der Waals surface area (Å²) in [5.41, 5.74) is 0.970. The number of nitrogens with zero attached hydrogens (tertiary/aromatic N) is 1. The van der Waals surface area contributed by atoms with Crippen molar-refractivity contribution >= 4 is 23.9 Å². The molecule has 0 aromatic heterocycles. The maximum Gasteiger partial charge on any atom is 0.309 e. The summed E-state index contributed by atoms with van der Waals surface area (Å²) in [6.45, 7) is 6.29. The average Bonchev–Trinajstić information content (AvgIpc) is 2.66. The Hall–Kier alpha value is -2.63. The molecule has 1 heterocycles. The summed E-state index contributed by atoms with van der Waals surface area (Å²) in [7, 11) is 0. The molecule has 27 heavy (non-hydrogen) atoms. The number of piperidine rings is 1. The summed E-state index contributed by atoms with van der Waals surface area (Å²) in [5, 5.41) is 2.72. The van der Waals surface area contributed by atoms with E-state index in [1.807, 2.05) is 44.2 Å². The van der Waals surface area contributed by atoms with E-state index in [0.717, 1.165) is 5.56 Å². The fourth-order valence-corrected chi connectivity index (χ4v) is 2.90. The van der Waals surface area contributed by atoms with Crippen molar-refractivity contribution in [2.45, 2.75) is 45.8 Å². The van der Waals surface area contributed by atoms with Crippen LogP contribution < -0.4 is 5.32 Å². The fourth-order valence-electron chi connectivity index (χ4n) is 2.90. The highest BCUT2D eigenvalue weighted by Gasteiger charge is 2.30. The van der Waals surface area contributed by atoms with Crippen molar-refractivity contribution < 1.29 is 19.1 Å². The van der Waals surface area contributed by atoms with Gasteiger partial charge in [0.1, 0.15) is 0 Å². The van der Waals surface area contributed by atoms with Gasteiger partial charge in [-0.25, -0.2) is 0 Å². The highest BCUT2D eigenvalue weighted by molar-refractivity contribution is 5.92. The molecule has 2 rings (SSSR count). The van der Waals surface area contributed by atoms with Crippen LogP contribution in [0.5, 0.6) is 0 Å². The summed E-state index contributed by atoms with van der Waals surface area (Å²) >= 11 is 0. The first kappa shape index (κ1) is 20.7. The number of rotatable bonds is 6. The van der Waals surface area contributed by atoms with Crippen molar-refractivity contribution in [1.82, 2.24) is 10.2 Å². The second-order valence-electron chi connectivity index (χ2n) is 7.09. The Morgan fingerprint density at radius 1 is 1.11 bits per heavy atom. The first-order chi connectivity index (χ1) is 12.9. The molecule has 1 aromatic rings. The second-order valence-corrected chi connectivity index (χ2v) is 7.09. The minimum atomic E-state index is -0.812. The van der Waals surface area contributed by atoms with Gasteiger partial charge in [-0.3, -0.25) is 14.4 Å². The van der Waals surface area contributed by atoms with Gasteiger partial charge in [-0.15, -0.1) is 0 Å². The van der Waals surface area contributed by atoms with Gasteiger partial charge in [0.05, 0.1) is 5.92 Å². The molecule has 0 spiro atoms. The Balaban J connectivity index is 1.78. The van der Waals surface area contributed by atoms with Gasteiger partial charge in [0.15, 0.2) is 6.10 Å². The zero-order chi connectivity index (χ0) is 19.8. The third-order valence-corrected chi connectivity index (χ3v) is 4.45. The topological polar surface area (TPSA) is 75.7 Å². The molecule has 6 nitrogen and oxygen atoms in total. The third-order valence-electron chi connectivity index (χ3n) is 4.45. The summed E-state index contributed by atoms with van der Waals surface area (Å²) < 4.78 is 5.29. The van der Waals surface area contributed by atoms with Gasteiger partial charge in [-0.1, -0.05) is 30.3 Å². The Bertz CT molecular complexity index is 677. The van der Waals surface area contributed by atoms with Gasteiger partial charge in [0, 0.05) is 25.2 Å². The van der Waals surface area contributed by atoms with E-state index in [1.54, 1.807) is 24.0 Å². The number of esters is 1. The van der Waals surface area contributed by atoms with Crippen molar-refractivity contribution in [3.8, 4) is 0 Å². The normalized spacial score (nSPS) is 16.4. The van der Waals surface area contributed by atoms with E-state index in [4.69, 9.17) is 4.74 Å². The number of hydrogen-bond donors (Lipinski definition) is 1. The van der Waals surface area contributed by atoms with Crippen LogP contribution in [-0.4, -0.2) is 47.9 Å². The predicted octanol–water partition coefficient (Wildman–Crippen LogP) is 2.39. The number of carbonyl (C=O) groups excluding carboxylic acids is 3. The SMILES string of the molecule is CC(C)NC(=O)C(C)OC(=O)C1CCN(C(=O)/C=C/c2ccccc2)CC1. The molecule has 0 bridgehead atoms. The van der Waals surface area contributed by atoms with E-state index in [2.05, 4.69) is 5.32 Å². The average molecular weight is 372 g/mol. The number of nitrogens with one attached hydrogen (secondary N) is 1. The first-order valence-corrected chi connectivity index (χ1v) is 9.39. The minimum Gasteiger partial charge on any atom is -0.452 e. The van der Waals surface area contributed by atoms with E-state index < -0.39 is 6.10 Å². The van der Waals surface area contributed by atoms with Crippen molar-refractivity contribution in [1.29, 1.82) is 0 Å². The van der Waals surface area contributed by atoms with Gasteiger partial charge in [-0.05, 0) is 45.3 Å². The van der Waals surface area contributed by atoms with Crippen LogP contribution >= 0.6 is 0 Å². The van der Waals surface area contributed by atoms with E-state index in [1.165, 1.54) is 0 Å². The number of carbonyl (C=O) groups is 3. The molecule has 0 aliphatic carbocycles. The summed E-state index contributed by atoms with van der Waals surface area (Å²) in [4.78, 5) is 38.1. The number of amides is 2. The van der Waals surface area contributed by atoms with E-state index in [-0.39, 0.29) is 29.7 Å². The Labute approximate surface area is 160 Å². The number of ether oxygens (including phenoxy) is 1. The molecule has 2 amide bonds. The Morgan fingerprint density at radius 3 is 2.33 bits per heavy atom. The zero-order valence-electron chi connectivity index (χ0n) is 16.2. The third kappa shape index (κ3) is 6.55. The lowest BCUT2D eigenvalue weighted by Crippen LogP contribution is -2.43. The van der Waals surface area contributed by atoms with Gasteiger partial charge in [-0.2, -0.15) is 0 Å². The molecule has 1 unspecified atom stereocenters. The highest BCUT2D eigenvalue weighted by atomic mass is 16.5. The van der Waals surface area contributed by atoms with Gasteiger partial charge in [0.25, 0.3) is 5.91 Å². The molecule has 1 aliphatic rings. The maximum absolute atomic E-state index is 12.3. The molecule has 1 aromatic carbocycles. The largest absolute Gasteiger partial charge is 0.452 e. The van der Waals surface area contributed by atoms with Crippen LogP contribution in [-0.2, 0) is 19.1 Å². The number of hydrogen-bond acceptors (Lipinski definition) is 4. The molecule has 1 atom stereocenters. The van der Waals surface area contributed by atoms with E-state index >= 15 is 0 Å². The Kier molecular flexibility index (Phi) is 7.58. The van der Waals surface area contributed by atoms with Crippen molar-refractivity contribution in [2.24, 2.45) is 5.92 Å². The van der Waals surface area contributed by atoms with Crippen molar-refractivity contribution in [3.63, 3.8) is 0 Å². The molecular formula is C21H28N2O4. The molecule has 1 saturated heterocycles. The molecule has 0 saturated carbocycles. The molecule has 146 valence electrons. The zero-order valence-corrected chi connectivity index (χ0v) is 16.2. The molecule has 1 fully saturated rings. The molecule has 1 aliphatic heterocycles. The molecule has 6 heteroatoms. The monoisotopic (exact) mass is 372 g/mol. The summed E-state index contributed by atoms with van der Waals surface area (Å²) in [5.74, 6) is -0.998. The molecule has 1 N–H and O–H groups in total. The van der Waals surface area contributed by atoms with Crippen LogP contribution in [0.15, 0.2) is 36.4 Å². The Morgan fingerprint density at radius 2 is 1.74 bits per heavy atom. The minimum absolute atomic E-state index is 0.00292. The first-order valence-electron chi connectivity index (χ1n) is 9.39. The lowest BCUT2D eigenvalue weighted by Gasteiger charge is -2.30. The van der Waals surface area contributed by atoms with Crippen LogP contribution in [0.1, 0.15) is 39.2 Å². The van der Waals surface area contributed by atoms with Gasteiger partial charge >= 0.3 is 5.97 Å². The van der Waals surface area contributed by atoms with Crippen molar-refractivity contribution in [2.75, 3.05) is 13.1 Å². The quantitative estimate of drug-likeness (QED) is 0.615. The lowest BCUT2D eigenvalue weighted by molar-refractivity contribution is -0.160. The second kappa shape index (κ2) is 9.90. The standard InChI is InChI=1S/C21H28N2O4/c1-15(2)22-20(25)16(3)27-21(26)18-11-13-23(14-12-18)19(24)10-9-17-7-5-4-6-8-17/h4-10,15-16,18H,11-14H2,1-3H3,(H,22,25)/b10-9+. The number of likely N-dealkylation sites (tertiary alicyclic amines) is 1. The van der Waals surface area contributed by atoms with Crippen LogP contribution in [0.25, 0.3) is 6.08 Å². The summed E-state index contributed by atoms with van der Waals surface area (Å²) in [6, 6.07) is 9.63. The van der Waals surface area contributed by atoms with Crippen molar-refractivity contribution in [3.05, 3.63) is 42.0 Å². The van der Waals surface area contributed by atoms with Crippen LogP contribution in [0.3, 0.4) is 0 Å². The predicted molar refractivity (Wildman–Crippen MR) is 104 cm³/mol. The smallest absolute Gasteiger partial charge is 0.309 e. The fraction of sp³-hybridized carbons (Fsp3) is 0.476. The van der Waals surface area contributed by atoms with Crippen LogP contribution in [0, 0.1) is 5.92 Å². The van der Waals surface area contributed by atoms with Crippen LogP contribution in [0.4, 0.5) is 0 Å². The highest BCUT2D eigenvalue weighted by Crippen LogP contribution is 2.20. The van der Waals surface area contributed by atoms with E-state index in [9.17, 15) is 14.4 Å². The van der Waals surface area contributed by atoms with Gasteiger partial charge < -0.3 is 15.0 Å². The van der Waals surface area contributed by atoms with Gasteiger partial charge in [0.2, 0.25) is 5.91 Å². The molecular weight excluding hydrogens is 344 g/mol. The summed E-state index contributed by atoms with van der Waals surface area (Å²) in [6.07, 6.45) is 3.63. The lowest BCUT2D eigenvalue weighted by atomic mass is 9.97. The van der Waals surface area contributed by atoms with E-state index in [0.29, 0.717) is 25.9 Å².